The minimum Gasteiger partial charge on any atom is -0.495 e. The van der Waals surface area contributed by atoms with Gasteiger partial charge in [-0.3, -0.25) is 0 Å². The Balaban J connectivity index is 1.99. The fourth-order valence-electron chi connectivity index (χ4n) is 2.69. The van der Waals surface area contributed by atoms with Crippen LogP contribution in [-0.2, 0) is 9.84 Å². The maximum absolute atomic E-state index is 12.2. The summed E-state index contributed by atoms with van der Waals surface area (Å²) in [5.41, 5.74) is 2.72. The zero-order valence-corrected chi connectivity index (χ0v) is 12.8. The van der Waals surface area contributed by atoms with Crippen LogP contribution in [0.4, 0.5) is 5.69 Å². The Morgan fingerprint density at radius 1 is 1.19 bits per heavy atom. The van der Waals surface area contributed by atoms with Crippen LogP contribution in [0.2, 0.25) is 0 Å². The molecule has 1 atom stereocenters. The van der Waals surface area contributed by atoms with Crippen molar-refractivity contribution in [2.24, 2.45) is 0 Å². The number of methoxy groups -OCH3 is 1. The minimum absolute atomic E-state index is 0.0729. The van der Waals surface area contributed by atoms with Crippen molar-refractivity contribution in [1.29, 1.82) is 0 Å². The van der Waals surface area contributed by atoms with E-state index in [-0.39, 0.29) is 11.8 Å². The number of nitrogens with one attached hydrogen (secondary N) is 1. The van der Waals surface area contributed by atoms with Crippen molar-refractivity contribution >= 4 is 15.5 Å². The average Bonchev–Trinajstić information content (AvgIpc) is 2.71. The number of rotatable bonds is 3. The molecule has 0 spiro atoms. The number of hydrogen-bond donors (Lipinski definition) is 1. The molecule has 1 aliphatic rings. The Morgan fingerprint density at radius 3 is 2.71 bits per heavy atom. The second-order valence-electron chi connectivity index (χ2n) is 5.22. The Kier molecular flexibility index (Phi) is 3.37. The highest BCUT2D eigenvalue weighted by Crippen LogP contribution is 2.37. The minimum atomic E-state index is -3.21. The van der Waals surface area contributed by atoms with Crippen LogP contribution in [0.25, 0.3) is 0 Å². The molecule has 0 saturated carbocycles. The summed E-state index contributed by atoms with van der Waals surface area (Å²) in [5.74, 6) is 0.783. The first kappa shape index (κ1) is 13.9. The van der Waals surface area contributed by atoms with Crippen molar-refractivity contribution in [2.75, 3.05) is 18.2 Å². The van der Waals surface area contributed by atoms with E-state index < -0.39 is 9.84 Å². The first-order valence-electron chi connectivity index (χ1n) is 6.74. The second-order valence-corrected chi connectivity index (χ2v) is 7.22. The van der Waals surface area contributed by atoms with Gasteiger partial charge in [-0.05, 0) is 36.2 Å². The Bertz CT molecular complexity index is 784. The van der Waals surface area contributed by atoms with Crippen LogP contribution in [0.15, 0.2) is 47.4 Å². The highest BCUT2D eigenvalue weighted by molar-refractivity contribution is 7.91. The summed E-state index contributed by atoms with van der Waals surface area (Å²) < 4.78 is 29.7. The molecular weight excluding hydrogens is 286 g/mol. The molecule has 0 fully saturated rings. The monoisotopic (exact) mass is 303 g/mol. The molecule has 1 unspecified atom stereocenters. The molecule has 4 nitrogen and oxygen atoms in total. The summed E-state index contributed by atoms with van der Waals surface area (Å²) in [7, 11) is -1.60. The molecule has 0 aliphatic carbocycles. The molecule has 21 heavy (non-hydrogen) atoms. The van der Waals surface area contributed by atoms with Gasteiger partial charge >= 0.3 is 0 Å². The van der Waals surface area contributed by atoms with Gasteiger partial charge in [0, 0.05) is 0 Å². The van der Waals surface area contributed by atoms with E-state index in [4.69, 9.17) is 4.74 Å². The normalized spacial score (nSPS) is 19.0. The number of anilines is 1. The van der Waals surface area contributed by atoms with E-state index in [1.807, 2.05) is 37.3 Å². The van der Waals surface area contributed by atoms with Crippen molar-refractivity contribution in [1.82, 2.24) is 0 Å². The lowest BCUT2D eigenvalue weighted by Crippen LogP contribution is -2.13. The van der Waals surface area contributed by atoms with Gasteiger partial charge in [-0.15, -0.1) is 0 Å². The quantitative estimate of drug-likeness (QED) is 0.947. The predicted molar refractivity (Wildman–Crippen MR) is 82.6 cm³/mol. The van der Waals surface area contributed by atoms with Gasteiger partial charge in [-0.25, -0.2) is 8.42 Å². The van der Waals surface area contributed by atoms with E-state index in [9.17, 15) is 8.42 Å². The van der Waals surface area contributed by atoms with Crippen LogP contribution >= 0.6 is 0 Å². The first-order valence-corrected chi connectivity index (χ1v) is 8.39. The zero-order valence-electron chi connectivity index (χ0n) is 12.0. The van der Waals surface area contributed by atoms with Crippen LogP contribution in [0.5, 0.6) is 5.75 Å². The third-order valence-electron chi connectivity index (χ3n) is 3.70. The van der Waals surface area contributed by atoms with Gasteiger partial charge in [-0.1, -0.05) is 24.3 Å². The van der Waals surface area contributed by atoms with E-state index in [1.54, 1.807) is 19.2 Å². The third-order valence-corrected chi connectivity index (χ3v) is 5.51. The molecule has 0 amide bonds. The molecule has 1 N–H and O–H groups in total. The number of aryl methyl sites for hydroxylation is 1. The van der Waals surface area contributed by atoms with Crippen molar-refractivity contribution < 1.29 is 13.2 Å². The molecule has 110 valence electrons. The SMILES string of the molecule is COc1ccc(C)cc1NC1CS(=O)(=O)c2ccccc21. The smallest absolute Gasteiger partial charge is 0.181 e. The third kappa shape index (κ3) is 2.49. The maximum atomic E-state index is 12.2. The molecule has 2 aromatic carbocycles. The van der Waals surface area contributed by atoms with Crippen LogP contribution in [0.1, 0.15) is 17.2 Å². The van der Waals surface area contributed by atoms with Gasteiger partial charge in [0.25, 0.3) is 0 Å². The molecule has 1 heterocycles. The number of ether oxygens (including phenoxy) is 1. The molecular formula is C16H17NO3S. The molecule has 2 aromatic rings. The van der Waals surface area contributed by atoms with Gasteiger partial charge in [-0.2, -0.15) is 0 Å². The Labute approximate surface area is 124 Å². The van der Waals surface area contributed by atoms with Crippen molar-refractivity contribution in [3.63, 3.8) is 0 Å². The number of sulfone groups is 1. The topological polar surface area (TPSA) is 55.4 Å². The largest absolute Gasteiger partial charge is 0.495 e. The molecule has 1 aliphatic heterocycles. The molecule has 3 rings (SSSR count). The highest BCUT2D eigenvalue weighted by Gasteiger charge is 2.34. The summed E-state index contributed by atoms with van der Waals surface area (Å²) in [6, 6.07) is 12.7. The van der Waals surface area contributed by atoms with E-state index >= 15 is 0 Å². The lowest BCUT2D eigenvalue weighted by atomic mass is 10.1. The molecule has 0 radical (unpaired) electrons. The van der Waals surface area contributed by atoms with Gasteiger partial charge < -0.3 is 10.1 Å². The van der Waals surface area contributed by atoms with Gasteiger partial charge in [0.05, 0.1) is 29.5 Å². The number of fused-ring (bicyclic) bond motifs is 1. The van der Waals surface area contributed by atoms with Crippen molar-refractivity contribution in [3.05, 3.63) is 53.6 Å². The zero-order chi connectivity index (χ0) is 15.0. The maximum Gasteiger partial charge on any atom is 0.181 e. The molecule has 5 heteroatoms. The fraction of sp³-hybridized carbons (Fsp3) is 0.250. The molecule has 0 saturated heterocycles. The van der Waals surface area contributed by atoms with E-state index in [2.05, 4.69) is 5.32 Å². The average molecular weight is 303 g/mol. The predicted octanol–water partition coefficient (Wildman–Crippen LogP) is 2.94. The van der Waals surface area contributed by atoms with Crippen molar-refractivity contribution in [3.8, 4) is 5.75 Å². The summed E-state index contributed by atoms with van der Waals surface area (Å²) in [5, 5.41) is 3.31. The molecule has 0 aromatic heterocycles. The standard InChI is InChI=1S/C16H17NO3S/c1-11-7-8-15(20-2)13(9-11)17-14-10-21(18,19)16-6-4-3-5-12(14)16/h3-9,14,17H,10H2,1-2H3. The van der Waals surface area contributed by atoms with E-state index in [0.29, 0.717) is 10.6 Å². The first-order chi connectivity index (χ1) is 10.0. The van der Waals surface area contributed by atoms with Crippen LogP contribution in [-0.4, -0.2) is 21.3 Å². The number of hydrogen-bond acceptors (Lipinski definition) is 4. The highest BCUT2D eigenvalue weighted by atomic mass is 32.2. The summed E-state index contributed by atoms with van der Waals surface area (Å²) >= 11 is 0. The molecule has 0 bridgehead atoms. The number of benzene rings is 2. The second kappa shape index (κ2) is 5.07. The van der Waals surface area contributed by atoms with Gasteiger partial charge in [0.15, 0.2) is 9.84 Å². The van der Waals surface area contributed by atoms with Crippen LogP contribution in [0.3, 0.4) is 0 Å². The Morgan fingerprint density at radius 2 is 1.95 bits per heavy atom. The van der Waals surface area contributed by atoms with Gasteiger partial charge in [0.2, 0.25) is 0 Å². The van der Waals surface area contributed by atoms with Gasteiger partial charge in [0.1, 0.15) is 5.75 Å². The van der Waals surface area contributed by atoms with E-state index in [1.165, 1.54) is 0 Å². The summed E-state index contributed by atoms with van der Waals surface area (Å²) in [6.07, 6.45) is 0. The summed E-state index contributed by atoms with van der Waals surface area (Å²) in [6.45, 7) is 1.99. The Hall–Kier alpha value is -2.01. The van der Waals surface area contributed by atoms with Crippen LogP contribution in [0, 0.1) is 6.92 Å². The lowest BCUT2D eigenvalue weighted by Gasteiger charge is -2.17. The fourth-order valence-corrected chi connectivity index (χ4v) is 4.43. The lowest BCUT2D eigenvalue weighted by molar-refractivity contribution is 0.416. The van der Waals surface area contributed by atoms with Crippen LogP contribution < -0.4 is 10.1 Å². The van der Waals surface area contributed by atoms with Crippen molar-refractivity contribution in [2.45, 2.75) is 17.9 Å². The van der Waals surface area contributed by atoms with E-state index in [0.717, 1.165) is 16.8 Å². The summed E-state index contributed by atoms with van der Waals surface area (Å²) in [4.78, 5) is 0.425.